The van der Waals surface area contributed by atoms with Crippen LogP contribution in [0.25, 0.3) is 0 Å². The lowest BCUT2D eigenvalue weighted by molar-refractivity contribution is 0.129. The molecule has 1 aromatic rings. The molecule has 2 rings (SSSR count). The predicted molar refractivity (Wildman–Crippen MR) is 101 cm³/mol. The topological polar surface area (TPSA) is 64.6 Å². The molecule has 4 atom stereocenters. The highest BCUT2D eigenvalue weighted by Crippen LogP contribution is 2.19. The number of benzene rings is 1. The zero-order chi connectivity index (χ0) is 18.2. The number of carbonyl (C=O) groups excluding carboxylic acids is 1. The molecule has 5 heteroatoms. The van der Waals surface area contributed by atoms with Crippen molar-refractivity contribution in [3.63, 3.8) is 0 Å². The van der Waals surface area contributed by atoms with Gasteiger partial charge in [0.05, 0.1) is 6.10 Å². The van der Waals surface area contributed by atoms with E-state index in [1.165, 1.54) is 5.56 Å². The summed E-state index contributed by atoms with van der Waals surface area (Å²) in [5, 5.41) is 15.4. The molecule has 0 bridgehead atoms. The van der Waals surface area contributed by atoms with Crippen LogP contribution in [0.2, 0.25) is 0 Å². The van der Waals surface area contributed by atoms with Gasteiger partial charge in [-0.25, -0.2) is 4.79 Å². The second-order valence-electron chi connectivity index (χ2n) is 7.57. The zero-order valence-corrected chi connectivity index (χ0v) is 15.7. The number of nitrogens with zero attached hydrogens (tertiary/aromatic N) is 1. The van der Waals surface area contributed by atoms with Gasteiger partial charge in [0, 0.05) is 31.7 Å². The summed E-state index contributed by atoms with van der Waals surface area (Å²) in [6.45, 7) is 8.62. The van der Waals surface area contributed by atoms with Crippen LogP contribution in [0.4, 0.5) is 4.79 Å². The van der Waals surface area contributed by atoms with Gasteiger partial charge in [-0.1, -0.05) is 37.3 Å². The Hall–Kier alpha value is -1.59. The number of hydrogen-bond acceptors (Lipinski definition) is 3. The highest BCUT2D eigenvalue weighted by atomic mass is 16.3. The maximum Gasteiger partial charge on any atom is 0.315 e. The summed E-state index contributed by atoms with van der Waals surface area (Å²) in [7, 11) is 0. The first-order valence-corrected chi connectivity index (χ1v) is 9.44. The summed E-state index contributed by atoms with van der Waals surface area (Å²) in [6, 6.07) is 11.1. The third-order valence-electron chi connectivity index (χ3n) is 4.93. The fourth-order valence-corrected chi connectivity index (χ4v) is 3.57. The van der Waals surface area contributed by atoms with Gasteiger partial charge in [-0.2, -0.15) is 0 Å². The minimum Gasteiger partial charge on any atom is -0.393 e. The van der Waals surface area contributed by atoms with E-state index in [-0.39, 0.29) is 24.1 Å². The molecule has 1 aromatic carbocycles. The van der Waals surface area contributed by atoms with Gasteiger partial charge in [-0.3, -0.25) is 4.90 Å². The second kappa shape index (κ2) is 9.78. The quantitative estimate of drug-likeness (QED) is 0.711. The molecule has 2 amide bonds. The fourth-order valence-electron chi connectivity index (χ4n) is 3.57. The van der Waals surface area contributed by atoms with Crippen molar-refractivity contribution in [3.8, 4) is 0 Å². The molecule has 4 unspecified atom stereocenters. The molecular formula is C20H33N3O2. The number of piperidine rings is 1. The first kappa shape index (κ1) is 19.7. The summed E-state index contributed by atoms with van der Waals surface area (Å²) in [5.41, 5.74) is 1.34. The SMILES string of the molecule is CC(O)CC(C)CNC(=O)NC1CCN(Cc2ccccc2)C(C)C1. The highest BCUT2D eigenvalue weighted by Gasteiger charge is 2.26. The van der Waals surface area contributed by atoms with Crippen LogP contribution in [0.3, 0.4) is 0 Å². The van der Waals surface area contributed by atoms with Crippen LogP contribution in [0.5, 0.6) is 0 Å². The van der Waals surface area contributed by atoms with Gasteiger partial charge in [0.25, 0.3) is 0 Å². The number of carbonyl (C=O) groups is 1. The number of likely N-dealkylation sites (tertiary alicyclic amines) is 1. The molecule has 1 heterocycles. The number of aliphatic hydroxyl groups excluding tert-OH is 1. The summed E-state index contributed by atoms with van der Waals surface area (Å²) < 4.78 is 0. The van der Waals surface area contributed by atoms with Crippen molar-refractivity contribution in [2.45, 2.75) is 64.8 Å². The molecular weight excluding hydrogens is 314 g/mol. The first-order valence-electron chi connectivity index (χ1n) is 9.44. The van der Waals surface area contributed by atoms with Crippen LogP contribution in [0, 0.1) is 5.92 Å². The Balaban J connectivity index is 1.70. The molecule has 0 radical (unpaired) electrons. The Morgan fingerprint density at radius 1 is 1.32 bits per heavy atom. The standard InChI is InChI=1S/C20H33N3O2/c1-15(11-17(3)24)13-21-20(25)22-19-9-10-23(16(2)12-19)14-18-7-5-4-6-8-18/h4-8,15-17,19,24H,9-14H2,1-3H3,(H2,21,22,25). The lowest BCUT2D eigenvalue weighted by atomic mass is 9.97. The maximum atomic E-state index is 12.1. The third-order valence-corrected chi connectivity index (χ3v) is 4.93. The van der Waals surface area contributed by atoms with Crippen molar-refractivity contribution in [1.82, 2.24) is 15.5 Å². The van der Waals surface area contributed by atoms with Gasteiger partial charge in [0.15, 0.2) is 0 Å². The van der Waals surface area contributed by atoms with Gasteiger partial charge < -0.3 is 15.7 Å². The smallest absolute Gasteiger partial charge is 0.315 e. The largest absolute Gasteiger partial charge is 0.393 e. The average Bonchev–Trinajstić information content (AvgIpc) is 2.56. The Morgan fingerprint density at radius 2 is 2.04 bits per heavy atom. The Labute approximate surface area is 151 Å². The van der Waals surface area contributed by atoms with E-state index in [9.17, 15) is 9.90 Å². The van der Waals surface area contributed by atoms with E-state index in [1.54, 1.807) is 6.92 Å². The molecule has 0 aromatic heterocycles. The molecule has 1 aliphatic heterocycles. The summed E-state index contributed by atoms with van der Waals surface area (Å²) in [4.78, 5) is 14.6. The lowest BCUT2D eigenvalue weighted by Gasteiger charge is -2.38. The van der Waals surface area contributed by atoms with Gasteiger partial charge in [-0.05, 0) is 44.6 Å². The number of nitrogens with one attached hydrogen (secondary N) is 2. The van der Waals surface area contributed by atoms with Crippen LogP contribution < -0.4 is 10.6 Å². The molecule has 0 aliphatic carbocycles. The third kappa shape index (κ3) is 7.04. The molecule has 140 valence electrons. The number of aliphatic hydroxyl groups is 1. The van der Waals surface area contributed by atoms with Gasteiger partial charge in [0.1, 0.15) is 0 Å². The lowest BCUT2D eigenvalue weighted by Crippen LogP contribution is -2.51. The highest BCUT2D eigenvalue weighted by molar-refractivity contribution is 5.74. The van der Waals surface area contributed by atoms with Crippen LogP contribution in [0.15, 0.2) is 30.3 Å². The van der Waals surface area contributed by atoms with Gasteiger partial charge in [0.2, 0.25) is 0 Å². The van der Waals surface area contributed by atoms with Crippen molar-refractivity contribution in [2.75, 3.05) is 13.1 Å². The number of rotatable bonds is 7. The molecule has 1 saturated heterocycles. The van der Waals surface area contributed by atoms with Gasteiger partial charge >= 0.3 is 6.03 Å². The zero-order valence-electron chi connectivity index (χ0n) is 15.7. The van der Waals surface area contributed by atoms with E-state index < -0.39 is 0 Å². The minimum atomic E-state index is -0.324. The van der Waals surface area contributed by atoms with E-state index in [0.29, 0.717) is 19.0 Å². The van der Waals surface area contributed by atoms with E-state index >= 15 is 0 Å². The Bertz CT molecular complexity index is 521. The normalized spacial score (nSPS) is 23.7. The van der Waals surface area contributed by atoms with Gasteiger partial charge in [-0.15, -0.1) is 0 Å². The Morgan fingerprint density at radius 3 is 2.68 bits per heavy atom. The number of hydrogen-bond donors (Lipinski definition) is 3. The Kier molecular flexibility index (Phi) is 7.72. The summed E-state index contributed by atoms with van der Waals surface area (Å²) in [6.07, 6.45) is 2.33. The van der Waals surface area contributed by atoms with Crippen molar-refractivity contribution in [2.24, 2.45) is 5.92 Å². The number of amides is 2. The monoisotopic (exact) mass is 347 g/mol. The minimum absolute atomic E-state index is 0.0915. The van der Waals surface area contributed by atoms with Crippen molar-refractivity contribution in [3.05, 3.63) is 35.9 Å². The van der Waals surface area contributed by atoms with Crippen LogP contribution in [-0.4, -0.2) is 47.3 Å². The molecule has 0 spiro atoms. The van der Waals surface area contributed by atoms with Crippen molar-refractivity contribution < 1.29 is 9.90 Å². The molecule has 3 N–H and O–H groups in total. The summed E-state index contributed by atoms with van der Waals surface area (Å²) >= 11 is 0. The van der Waals surface area contributed by atoms with E-state index in [4.69, 9.17) is 0 Å². The van der Waals surface area contributed by atoms with Crippen molar-refractivity contribution in [1.29, 1.82) is 0 Å². The average molecular weight is 348 g/mol. The fraction of sp³-hybridized carbons (Fsp3) is 0.650. The molecule has 1 fully saturated rings. The first-order chi connectivity index (χ1) is 11.9. The van der Waals surface area contributed by atoms with E-state index in [2.05, 4.69) is 46.7 Å². The second-order valence-corrected chi connectivity index (χ2v) is 7.57. The molecule has 0 saturated carbocycles. The van der Waals surface area contributed by atoms with Crippen LogP contribution in [-0.2, 0) is 6.54 Å². The van der Waals surface area contributed by atoms with Crippen LogP contribution >= 0.6 is 0 Å². The van der Waals surface area contributed by atoms with E-state index in [1.807, 2.05) is 13.0 Å². The molecule has 25 heavy (non-hydrogen) atoms. The maximum absolute atomic E-state index is 12.1. The predicted octanol–water partition coefficient (Wildman–Crippen LogP) is 2.75. The summed E-state index contributed by atoms with van der Waals surface area (Å²) in [5.74, 6) is 0.275. The number of urea groups is 1. The van der Waals surface area contributed by atoms with Crippen LogP contribution in [0.1, 0.15) is 45.6 Å². The molecule has 5 nitrogen and oxygen atoms in total. The van der Waals surface area contributed by atoms with Crippen molar-refractivity contribution >= 4 is 6.03 Å². The molecule has 1 aliphatic rings. The van der Waals surface area contributed by atoms with E-state index in [0.717, 1.165) is 25.9 Å².